The van der Waals surface area contributed by atoms with Crippen molar-refractivity contribution in [1.29, 1.82) is 0 Å². The first kappa shape index (κ1) is 10.5. The molecular formula is C13H19NO. The second kappa shape index (κ2) is 4.23. The SMILES string of the molecule is CNC(C)C1CCc2cccc(OC)c21. The molecule has 82 valence electrons. The number of aryl methyl sites for hydroxylation is 1. The van der Waals surface area contributed by atoms with Gasteiger partial charge in [0.1, 0.15) is 5.75 Å². The topological polar surface area (TPSA) is 21.3 Å². The fourth-order valence-corrected chi connectivity index (χ4v) is 2.56. The molecular weight excluding hydrogens is 186 g/mol. The van der Waals surface area contributed by atoms with Crippen LogP contribution in [0.1, 0.15) is 30.4 Å². The molecule has 0 saturated heterocycles. The molecule has 0 spiro atoms. The highest BCUT2D eigenvalue weighted by molar-refractivity contribution is 5.46. The number of likely N-dealkylation sites (N-methyl/N-ethyl adjacent to an activating group) is 1. The fourth-order valence-electron chi connectivity index (χ4n) is 2.56. The van der Waals surface area contributed by atoms with Crippen LogP contribution < -0.4 is 10.1 Å². The van der Waals surface area contributed by atoms with Gasteiger partial charge in [0.05, 0.1) is 7.11 Å². The van der Waals surface area contributed by atoms with E-state index < -0.39 is 0 Å². The summed E-state index contributed by atoms with van der Waals surface area (Å²) < 4.78 is 5.45. The number of benzene rings is 1. The third kappa shape index (κ3) is 1.74. The highest BCUT2D eigenvalue weighted by atomic mass is 16.5. The van der Waals surface area contributed by atoms with E-state index in [1.165, 1.54) is 24.0 Å². The zero-order valence-electron chi connectivity index (χ0n) is 9.71. The Bertz CT molecular complexity index is 348. The number of nitrogens with one attached hydrogen (secondary N) is 1. The van der Waals surface area contributed by atoms with Gasteiger partial charge in [-0.15, -0.1) is 0 Å². The lowest BCUT2D eigenvalue weighted by molar-refractivity contribution is 0.398. The molecule has 1 aromatic carbocycles. The summed E-state index contributed by atoms with van der Waals surface area (Å²) >= 11 is 0. The summed E-state index contributed by atoms with van der Waals surface area (Å²) in [7, 11) is 3.78. The normalized spacial score (nSPS) is 21.1. The van der Waals surface area contributed by atoms with Gasteiger partial charge in [-0.1, -0.05) is 12.1 Å². The highest BCUT2D eigenvalue weighted by Gasteiger charge is 2.29. The molecule has 1 aromatic rings. The van der Waals surface area contributed by atoms with Gasteiger partial charge in [-0.25, -0.2) is 0 Å². The Kier molecular flexibility index (Phi) is 2.96. The van der Waals surface area contributed by atoms with E-state index >= 15 is 0 Å². The van der Waals surface area contributed by atoms with Crippen molar-refractivity contribution in [3.05, 3.63) is 29.3 Å². The quantitative estimate of drug-likeness (QED) is 0.817. The summed E-state index contributed by atoms with van der Waals surface area (Å²) in [6.07, 6.45) is 2.42. The van der Waals surface area contributed by atoms with E-state index in [-0.39, 0.29) is 0 Å². The lowest BCUT2D eigenvalue weighted by atomic mass is 9.93. The lowest BCUT2D eigenvalue weighted by Crippen LogP contribution is -2.27. The van der Waals surface area contributed by atoms with Crippen LogP contribution in [0.25, 0.3) is 0 Å². The van der Waals surface area contributed by atoms with Crippen molar-refractivity contribution < 1.29 is 4.74 Å². The minimum absolute atomic E-state index is 0.516. The van der Waals surface area contributed by atoms with Crippen LogP contribution >= 0.6 is 0 Å². The Hall–Kier alpha value is -1.02. The van der Waals surface area contributed by atoms with E-state index in [1.54, 1.807) is 7.11 Å². The van der Waals surface area contributed by atoms with Gasteiger partial charge in [-0.05, 0) is 38.4 Å². The maximum atomic E-state index is 5.45. The fraction of sp³-hybridized carbons (Fsp3) is 0.538. The maximum Gasteiger partial charge on any atom is 0.122 e. The Balaban J connectivity index is 2.39. The molecule has 0 heterocycles. The predicted molar refractivity (Wildman–Crippen MR) is 62.6 cm³/mol. The second-order valence-corrected chi connectivity index (χ2v) is 4.26. The Morgan fingerprint density at radius 1 is 1.47 bits per heavy atom. The largest absolute Gasteiger partial charge is 0.496 e. The molecule has 2 unspecified atom stereocenters. The Labute approximate surface area is 91.6 Å². The molecule has 0 radical (unpaired) electrons. The van der Waals surface area contributed by atoms with Crippen molar-refractivity contribution in [1.82, 2.24) is 5.32 Å². The Morgan fingerprint density at radius 3 is 2.93 bits per heavy atom. The van der Waals surface area contributed by atoms with Crippen molar-refractivity contribution in [3.8, 4) is 5.75 Å². The molecule has 1 aliphatic rings. The number of ether oxygens (including phenoxy) is 1. The van der Waals surface area contributed by atoms with Gasteiger partial charge in [0.25, 0.3) is 0 Å². The first-order valence-electron chi connectivity index (χ1n) is 5.61. The summed E-state index contributed by atoms with van der Waals surface area (Å²) in [4.78, 5) is 0. The number of hydrogen-bond acceptors (Lipinski definition) is 2. The van der Waals surface area contributed by atoms with Gasteiger partial charge in [0.15, 0.2) is 0 Å². The zero-order valence-corrected chi connectivity index (χ0v) is 9.71. The monoisotopic (exact) mass is 205 g/mol. The van der Waals surface area contributed by atoms with Crippen molar-refractivity contribution in [2.24, 2.45) is 0 Å². The molecule has 0 amide bonds. The summed E-state index contributed by atoms with van der Waals surface area (Å²) in [6.45, 7) is 2.24. The molecule has 0 fully saturated rings. The molecule has 2 atom stereocenters. The van der Waals surface area contributed by atoms with Crippen LogP contribution in [0.15, 0.2) is 18.2 Å². The van der Waals surface area contributed by atoms with Gasteiger partial charge < -0.3 is 10.1 Å². The van der Waals surface area contributed by atoms with Gasteiger partial charge in [-0.2, -0.15) is 0 Å². The third-order valence-electron chi connectivity index (χ3n) is 3.53. The molecule has 1 N–H and O–H groups in total. The van der Waals surface area contributed by atoms with E-state index in [1.807, 2.05) is 7.05 Å². The van der Waals surface area contributed by atoms with Gasteiger partial charge >= 0.3 is 0 Å². The highest BCUT2D eigenvalue weighted by Crippen LogP contribution is 2.40. The number of hydrogen-bond donors (Lipinski definition) is 1. The van der Waals surface area contributed by atoms with Crippen LogP contribution in [0.2, 0.25) is 0 Å². The number of fused-ring (bicyclic) bond motifs is 1. The summed E-state index contributed by atoms with van der Waals surface area (Å²) in [5.74, 6) is 1.65. The van der Waals surface area contributed by atoms with Crippen LogP contribution in [0.3, 0.4) is 0 Å². The van der Waals surface area contributed by atoms with Crippen LogP contribution in [-0.4, -0.2) is 20.2 Å². The smallest absolute Gasteiger partial charge is 0.122 e. The molecule has 0 saturated carbocycles. The summed E-state index contributed by atoms with van der Waals surface area (Å²) in [6, 6.07) is 6.90. The molecule has 0 aromatic heterocycles. The number of methoxy groups -OCH3 is 1. The lowest BCUT2D eigenvalue weighted by Gasteiger charge is -2.21. The molecule has 2 rings (SSSR count). The van der Waals surface area contributed by atoms with Crippen LogP contribution in [-0.2, 0) is 6.42 Å². The van der Waals surface area contributed by atoms with Crippen LogP contribution in [0.5, 0.6) is 5.75 Å². The van der Waals surface area contributed by atoms with Crippen molar-refractivity contribution in [2.45, 2.75) is 31.7 Å². The van der Waals surface area contributed by atoms with Crippen LogP contribution in [0, 0.1) is 0 Å². The van der Waals surface area contributed by atoms with Crippen molar-refractivity contribution in [3.63, 3.8) is 0 Å². The minimum Gasteiger partial charge on any atom is -0.496 e. The molecule has 0 bridgehead atoms. The van der Waals surface area contributed by atoms with E-state index in [4.69, 9.17) is 4.74 Å². The maximum absolute atomic E-state index is 5.45. The van der Waals surface area contributed by atoms with Gasteiger partial charge in [0, 0.05) is 17.5 Å². The van der Waals surface area contributed by atoms with Gasteiger partial charge in [-0.3, -0.25) is 0 Å². The molecule has 2 heteroatoms. The average molecular weight is 205 g/mol. The molecule has 1 aliphatic carbocycles. The van der Waals surface area contributed by atoms with Crippen molar-refractivity contribution in [2.75, 3.05) is 14.2 Å². The second-order valence-electron chi connectivity index (χ2n) is 4.26. The zero-order chi connectivity index (χ0) is 10.8. The predicted octanol–water partition coefficient (Wildman–Crippen LogP) is 2.33. The standard InChI is InChI=1S/C13H19NO/c1-9(14-2)11-8-7-10-5-4-6-12(15-3)13(10)11/h4-6,9,11,14H,7-8H2,1-3H3. The summed E-state index contributed by atoms with van der Waals surface area (Å²) in [5, 5.41) is 3.34. The average Bonchev–Trinajstić information content (AvgIpc) is 2.71. The summed E-state index contributed by atoms with van der Waals surface area (Å²) in [5.41, 5.74) is 2.88. The van der Waals surface area contributed by atoms with Crippen LogP contribution in [0.4, 0.5) is 0 Å². The van der Waals surface area contributed by atoms with E-state index in [9.17, 15) is 0 Å². The molecule has 0 aliphatic heterocycles. The number of rotatable bonds is 3. The van der Waals surface area contributed by atoms with E-state index in [0.29, 0.717) is 12.0 Å². The first-order chi connectivity index (χ1) is 7.27. The van der Waals surface area contributed by atoms with Crippen molar-refractivity contribution >= 4 is 0 Å². The molecule has 15 heavy (non-hydrogen) atoms. The first-order valence-corrected chi connectivity index (χ1v) is 5.61. The third-order valence-corrected chi connectivity index (χ3v) is 3.53. The van der Waals surface area contributed by atoms with Gasteiger partial charge in [0.2, 0.25) is 0 Å². The van der Waals surface area contributed by atoms with E-state index in [2.05, 4.69) is 30.4 Å². The van der Waals surface area contributed by atoms with E-state index in [0.717, 1.165) is 5.75 Å². The molecule has 2 nitrogen and oxygen atoms in total. The Morgan fingerprint density at radius 2 is 2.27 bits per heavy atom. The minimum atomic E-state index is 0.516.